The van der Waals surface area contributed by atoms with Gasteiger partial charge in [0.25, 0.3) is 0 Å². The van der Waals surface area contributed by atoms with Gasteiger partial charge in [-0.15, -0.1) is 0 Å². The van der Waals surface area contributed by atoms with E-state index < -0.39 is 10.0 Å². The summed E-state index contributed by atoms with van der Waals surface area (Å²) < 4.78 is 25.4. The van der Waals surface area contributed by atoms with Crippen LogP contribution in [-0.4, -0.2) is 32.1 Å². The molecule has 6 nitrogen and oxygen atoms in total. The quantitative estimate of drug-likeness (QED) is 0.864. The molecule has 1 saturated heterocycles. The van der Waals surface area contributed by atoms with E-state index in [0.717, 1.165) is 18.4 Å². The fourth-order valence-electron chi connectivity index (χ4n) is 4.87. The van der Waals surface area contributed by atoms with Gasteiger partial charge in [-0.3, -0.25) is 4.31 Å². The molecular formula is C20H21N3O3S. The fourth-order valence-corrected chi connectivity index (χ4v) is 5.82. The second-order valence-corrected chi connectivity index (χ2v) is 9.37. The first-order chi connectivity index (χ1) is 12.9. The summed E-state index contributed by atoms with van der Waals surface area (Å²) in [6.45, 7) is 0.418. The number of fused-ring (bicyclic) bond motifs is 6. The average Bonchev–Trinajstić information content (AvgIpc) is 3.33. The number of benzene rings is 2. The minimum atomic E-state index is -3.31. The van der Waals surface area contributed by atoms with Gasteiger partial charge in [0.05, 0.1) is 24.0 Å². The number of amides is 2. The summed E-state index contributed by atoms with van der Waals surface area (Å²) in [5.74, 6) is 0. The van der Waals surface area contributed by atoms with Gasteiger partial charge in [0.2, 0.25) is 10.0 Å². The highest BCUT2D eigenvalue weighted by Gasteiger charge is 2.46. The Morgan fingerprint density at radius 2 is 1.70 bits per heavy atom. The van der Waals surface area contributed by atoms with Crippen LogP contribution in [0.15, 0.2) is 42.5 Å². The number of urea groups is 1. The molecule has 1 N–H and O–H groups in total. The molecule has 3 heterocycles. The van der Waals surface area contributed by atoms with Crippen LogP contribution >= 0.6 is 0 Å². The second kappa shape index (κ2) is 5.73. The van der Waals surface area contributed by atoms with Gasteiger partial charge < -0.3 is 10.2 Å². The van der Waals surface area contributed by atoms with E-state index in [9.17, 15) is 13.2 Å². The second-order valence-electron chi connectivity index (χ2n) is 7.46. The number of nitrogens with zero attached hydrogens (tertiary/aromatic N) is 2. The zero-order chi connectivity index (χ0) is 18.8. The van der Waals surface area contributed by atoms with Crippen molar-refractivity contribution in [3.05, 3.63) is 59.2 Å². The van der Waals surface area contributed by atoms with Crippen molar-refractivity contribution in [2.75, 3.05) is 22.4 Å². The molecule has 3 aliphatic rings. The molecule has 2 amide bonds. The highest BCUT2D eigenvalue weighted by molar-refractivity contribution is 7.92. The summed E-state index contributed by atoms with van der Waals surface area (Å²) >= 11 is 0. The molecule has 3 aliphatic heterocycles. The van der Waals surface area contributed by atoms with Crippen LogP contribution in [0.1, 0.15) is 41.6 Å². The Morgan fingerprint density at radius 1 is 1.04 bits per heavy atom. The molecule has 0 spiro atoms. The summed E-state index contributed by atoms with van der Waals surface area (Å²) in [6.07, 6.45) is 3.80. The zero-order valence-corrected chi connectivity index (χ0v) is 15.9. The van der Waals surface area contributed by atoms with Crippen LogP contribution in [0.5, 0.6) is 0 Å². The van der Waals surface area contributed by atoms with E-state index in [1.165, 1.54) is 21.7 Å². The molecule has 2 unspecified atom stereocenters. The fraction of sp³-hybridized carbons (Fsp3) is 0.350. The van der Waals surface area contributed by atoms with Gasteiger partial charge in [-0.25, -0.2) is 13.2 Å². The van der Waals surface area contributed by atoms with E-state index in [4.69, 9.17) is 0 Å². The van der Waals surface area contributed by atoms with Gasteiger partial charge in [0.1, 0.15) is 0 Å². The van der Waals surface area contributed by atoms with Gasteiger partial charge >= 0.3 is 6.03 Å². The Hall–Kier alpha value is -2.54. The topological polar surface area (TPSA) is 69.7 Å². The largest absolute Gasteiger partial charge is 0.322 e. The van der Waals surface area contributed by atoms with E-state index in [2.05, 4.69) is 17.4 Å². The van der Waals surface area contributed by atoms with Crippen molar-refractivity contribution in [2.45, 2.75) is 31.3 Å². The van der Waals surface area contributed by atoms with Crippen molar-refractivity contribution in [3.8, 4) is 0 Å². The summed E-state index contributed by atoms with van der Waals surface area (Å²) in [5, 5.41) is 3.06. The van der Waals surface area contributed by atoms with Gasteiger partial charge in [0, 0.05) is 17.8 Å². The third-order valence-electron chi connectivity index (χ3n) is 5.96. The van der Waals surface area contributed by atoms with E-state index >= 15 is 0 Å². The van der Waals surface area contributed by atoms with Crippen LogP contribution in [0.3, 0.4) is 0 Å². The molecule has 2 atom stereocenters. The molecule has 7 heteroatoms. The number of anilines is 2. The van der Waals surface area contributed by atoms with Gasteiger partial charge in [-0.2, -0.15) is 0 Å². The number of hydrogen-bond donors (Lipinski definition) is 1. The number of nitrogens with one attached hydrogen (secondary N) is 1. The van der Waals surface area contributed by atoms with Gasteiger partial charge in [-0.1, -0.05) is 30.3 Å². The lowest BCUT2D eigenvalue weighted by molar-refractivity contribution is 0.197. The maximum Gasteiger partial charge on any atom is 0.322 e. The van der Waals surface area contributed by atoms with Crippen molar-refractivity contribution >= 4 is 27.4 Å². The lowest BCUT2D eigenvalue weighted by Gasteiger charge is -2.24. The van der Waals surface area contributed by atoms with E-state index in [0.29, 0.717) is 24.3 Å². The highest BCUT2D eigenvalue weighted by Crippen LogP contribution is 2.53. The molecule has 0 aliphatic carbocycles. The average molecular weight is 383 g/mol. The molecule has 2 bridgehead atoms. The van der Waals surface area contributed by atoms with E-state index in [1.54, 1.807) is 12.1 Å². The third kappa shape index (κ3) is 2.45. The Balaban J connectivity index is 1.44. The first-order valence-electron chi connectivity index (χ1n) is 9.23. The predicted molar refractivity (Wildman–Crippen MR) is 104 cm³/mol. The molecule has 0 aromatic heterocycles. The molecule has 0 radical (unpaired) electrons. The summed E-state index contributed by atoms with van der Waals surface area (Å²) in [7, 11) is -3.31. The molecule has 27 heavy (non-hydrogen) atoms. The smallest absolute Gasteiger partial charge is 0.310 e. The molecule has 140 valence electrons. The summed E-state index contributed by atoms with van der Waals surface area (Å²) in [6, 6.07) is 13.9. The lowest BCUT2D eigenvalue weighted by atomic mass is 9.92. The summed E-state index contributed by atoms with van der Waals surface area (Å²) in [4.78, 5) is 15.1. The van der Waals surface area contributed by atoms with Crippen LogP contribution in [0.4, 0.5) is 16.2 Å². The normalized spacial score (nSPS) is 22.7. The van der Waals surface area contributed by atoms with Crippen LogP contribution < -0.4 is 9.62 Å². The van der Waals surface area contributed by atoms with Crippen LogP contribution in [0.25, 0.3) is 0 Å². The number of rotatable bonds is 2. The third-order valence-corrected chi connectivity index (χ3v) is 7.14. The van der Waals surface area contributed by atoms with Gasteiger partial charge in [0.15, 0.2) is 0 Å². The highest BCUT2D eigenvalue weighted by atomic mass is 32.2. The number of carbonyl (C=O) groups is 1. The van der Waals surface area contributed by atoms with Crippen LogP contribution in [0.2, 0.25) is 0 Å². The first-order valence-corrected chi connectivity index (χ1v) is 11.1. The summed E-state index contributed by atoms with van der Waals surface area (Å²) in [5.41, 5.74) is 4.78. The first kappa shape index (κ1) is 16.6. The minimum Gasteiger partial charge on any atom is -0.310 e. The van der Waals surface area contributed by atoms with Crippen molar-refractivity contribution < 1.29 is 13.2 Å². The number of carbonyl (C=O) groups excluding carboxylic acids is 1. The molecular weight excluding hydrogens is 362 g/mol. The maximum atomic E-state index is 13.1. The molecule has 5 rings (SSSR count). The van der Waals surface area contributed by atoms with E-state index in [-0.39, 0.29) is 18.1 Å². The van der Waals surface area contributed by atoms with Crippen molar-refractivity contribution in [2.24, 2.45) is 0 Å². The van der Waals surface area contributed by atoms with Crippen LogP contribution in [0, 0.1) is 0 Å². The molecule has 0 saturated carbocycles. The van der Waals surface area contributed by atoms with Crippen molar-refractivity contribution in [1.82, 2.24) is 4.90 Å². The van der Waals surface area contributed by atoms with Crippen LogP contribution in [-0.2, 0) is 16.4 Å². The number of hydrogen-bond acceptors (Lipinski definition) is 3. The number of sulfonamides is 1. The standard InChI is InChI=1S/C20H21N3O3S/c1-27(25,26)22-12-11-15-16(7-4-8-17(15)22)21-20(24)23-18-9-10-19(23)14-6-3-2-5-13(14)18/h2-8,18-19H,9-12H2,1H3,(H,21,24). The SMILES string of the molecule is CS(=O)(=O)N1CCc2c(NC(=O)N3C4CCC3c3ccccc34)cccc21. The Morgan fingerprint density at radius 3 is 2.33 bits per heavy atom. The van der Waals surface area contributed by atoms with Gasteiger partial charge in [-0.05, 0) is 42.5 Å². The minimum absolute atomic E-state index is 0.107. The lowest BCUT2D eigenvalue weighted by Crippen LogP contribution is -2.32. The molecule has 2 aromatic rings. The maximum absolute atomic E-state index is 13.1. The molecule has 2 aromatic carbocycles. The monoisotopic (exact) mass is 383 g/mol. The Kier molecular flexibility index (Phi) is 3.53. The van der Waals surface area contributed by atoms with E-state index in [1.807, 2.05) is 23.1 Å². The zero-order valence-electron chi connectivity index (χ0n) is 15.1. The molecule has 1 fully saturated rings. The van der Waals surface area contributed by atoms with Crippen molar-refractivity contribution in [3.63, 3.8) is 0 Å². The predicted octanol–water partition coefficient (Wildman–Crippen LogP) is 3.43. The Bertz CT molecular complexity index is 1020. The van der Waals surface area contributed by atoms with Crippen molar-refractivity contribution in [1.29, 1.82) is 0 Å². The Labute approximate surface area is 158 Å².